The van der Waals surface area contributed by atoms with E-state index in [0.717, 1.165) is 17.1 Å². The van der Waals surface area contributed by atoms with Gasteiger partial charge in [0.15, 0.2) is 6.61 Å². The normalized spacial score (nSPS) is 11.3. The van der Waals surface area contributed by atoms with Gasteiger partial charge in [0.2, 0.25) is 0 Å². The highest BCUT2D eigenvalue weighted by Gasteiger charge is 2.28. The standard InChI is InChI=1S/C20H18F3N3O2/c1-13-10-14(2)26(25-13)17-8-6-15(7-9-17)19(27)24-16-4-3-5-18(11-16)28-12-20(21,22)23/h3-11H,12H2,1-2H3,(H,24,27). The van der Waals surface area contributed by atoms with Crippen LogP contribution in [0, 0.1) is 13.8 Å². The van der Waals surface area contributed by atoms with Crippen molar-refractivity contribution in [2.24, 2.45) is 0 Å². The quantitative estimate of drug-likeness (QED) is 0.689. The number of anilines is 1. The summed E-state index contributed by atoms with van der Waals surface area (Å²) in [5.41, 5.74) is 3.45. The number of nitrogens with zero attached hydrogens (tertiary/aromatic N) is 2. The molecule has 3 rings (SSSR count). The van der Waals surface area contributed by atoms with E-state index in [-0.39, 0.29) is 11.7 Å². The number of aromatic nitrogens is 2. The lowest BCUT2D eigenvalue weighted by atomic mass is 10.2. The second kappa shape index (κ2) is 7.75. The van der Waals surface area contributed by atoms with E-state index in [0.29, 0.717) is 11.3 Å². The SMILES string of the molecule is Cc1cc(C)n(-c2ccc(C(=O)Nc3cccc(OCC(F)(F)F)c3)cc2)n1. The van der Waals surface area contributed by atoms with Gasteiger partial charge in [-0.1, -0.05) is 6.07 Å². The molecule has 0 saturated carbocycles. The van der Waals surface area contributed by atoms with Crippen molar-refractivity contribution in [3.63, 3.8) is 0 Å². The molecule has 0 aliphatic carbocycles. The first-order chi connectivity index (χ1) is 13.2. The minimum Gasteiger partial charge on any atom is -0.484 e. The monoisotopic (exact) mass is 389 g/mol. The summed E-state index contributed by atoms with van der Waals surface area (Å²) in [6.45, 7) is 2.45. The third-order valence-electron chi connectivity index (χ3n) is 3.88. The highest BCUT2D eigenvalue weighted by atomic mass is 19.4. The van der Waals surface area contributed by atoms with Gasteiger partial charge in [-0.25, -0.2) is 4.68 Å². The minimum atomic E-state index is -4.42. The van der Waals surface area contributed by atoms with E-state index in [9.17, 15) is 18.0 Å². The van der Waals surface area contributed by atoms with Crippen LogP contribution in [0.15, 0.2) is 54.6 Å². The molecular weight excluding hydrogens is 371 g/mol. The van der Waals surface area contributed by atoms with Crippen LogP contribution in [0.3, 0.4) is 0 Å². The van der Waals surface area contributed by atoms with E-state index in [4.69, 9.17) is 4.74 Å². The summed E-state index contributed by atoms with van der Waals surface area (Å²) in [5.74, 6) is -0.358. The average molecular weight is 389 g/mol. The Bertz CT molecular complexity index is 979. The van der Waals surface area contributed by atoms with E-state index in [1.165, 1.54) is 18.2 Å². The number of carbonyl (C=O) groups excluding carboxylic acids is 1. The summed E-state index contributed by atoms with van der Waals surface area (Å²) in [4.78, 5) is 12.4. The van der Waals surface area contributed by atoms with Crippen molar-refractivity contribution in [3.8, 4) is 11.4 Å². The van der Waals surface area contributed by atoms with Crippen LogP contribution in [0.5, 0.6) is 5.75 Å². The molecule has 3 aromatic rings. The van der Waals surface area contributed by atoms with Gasteiger partial charge in [0, 0.05) is 23.0 Å². The van der Waals surface area contributed by atoms with Crippen molar-refractivity contribution in [1.29, 1.82) is 0 Å². The first kappa shape index (κ1) is 19.5. The number of nitrogens with one attached hydrogen (secondary N) is 1. The molecule has 8 heteroatoms. The van der Waals surface area contributed by atoms with E-state index < -0.39 is 12.8 Å². The highest BCUT2D eigenvalue weighted by Crippen LogP contribution is 2.22. The predicted molar refractivity (Wildman–Crippen MR) is 99.0 cm³/mol. The number of benzene rings is 2. The fourth-order valence-corrected chi connectivity index (χ4v) is 2.68. The molecule has 1 heterocycles. The van der Waals surface area contributed by atoms with Crippen LogP contribution in [-0.4, -0.2) is 28.5 Å². The summed E-state index contributed by atoms with van der Waals surface area (Å²) in [6, 6.07) is 14.6. The van der Waals surface area contributed by atoms with Crippen molar-refractivity contribution >= 4 is 11.6 Å². The fraction of sp³-hybridized carbons (Fsp3) is 0.200. The number of amides is 1. The van der Waals surface area contributed by atoms with Crippen LogP contribution in [0.4, 0.5) is 18.9 Å². The number of hydrogen-bond acceptors (Lipinski definition) is 3. The first-order valence-electron chi connectivity index (χ1n) is 8.46. The van der Waals surface area contributed by atoms with Gasteiger partial charge in [-0.05, 0) is 56.3 Å². The predicted octanol–water partition coefficient (Wildman–Crippen LogP) is 4.68. The van der Waals surface area contributed by atoms with Crippen molar-refractivity contribution in [3.05, 3.63) is 71.5 Å². The van der Waals surface area contributed by atoms with Gasteiger partial charge in [0.25, 0.3) is 5.91 Å². The zero-order chi connectivity index (χ0) is 20.3. The molecule has 1 aromatic heterocycles. The highest BCUT2D eigenvalue weighted by molar-refractivity contribution is 6.04. The second-order valence-corrected chi connectivity index (χ2v) is 6.27. The van der Waals surface area contributed by atoms with Crippen LogP contribution in [0.25, 0.3) is 5.69 Å². The summed E-state index contributed by atoms with van der Waals surface area (Å²) in [5, 5.41) is 7.04. The third kappa shape index (κ3) is 4.91. The van der Waals surface area contributed by atoms with Gasteiger partial charge < -0.3 is 10.1 Å². The average Bonchev–Trinajstić information content (AvgIpc) is 2.98. The summed E-state index contributed by atoms with van der Waals surface area (Å²) < 4.78 is 43.2. The summed E-state index contributed by atoms with van der Waals surface area (Å²) in [7, 11) is 0. The Balaban J connectivity index is 1.69. The molecule has 1 amide bonds. The molecule has 0 unspecified atom stereocenters. The van der Waals surface area contributed by atoms with Crippen LogP contribution in [0.2, 0.25) is 0 Å². The molecule has 0 spiro atoms. The van der Waals surface area contributed by atoms with E-state index in [1.807, 2.05) is 19.9 Å². The van der Waals surface area contributed by atoms with Crippen molar-refractivity contribution in [2.75, 3.05) is 11.9 Å². The topological polar surface area (TPSA) is 56.2 Å². The number of alkyl halides is 3. The number of ether oxygens (including phenoxy) is 1. The van der Waals surface area contributed by atoms with Gasteiger partial charge >= 0.3 is 6.18 Å². The lowest BCUT2D eigenvalue weighted by Gasteiger charge is -2.11. The van der Waals surface area contributed by atoms with Crippen molar-refractivity contribution < 1.29 is 22.7 Å². The molecule has 0 radical (unpaired) electrons. The molecule has 146 valence electrons. The van der Waals surface area contributed by atoms with Crippen LogP contribution >= 0.6 is 0 Å². The molecule has 0 saturated heterocycles. The Labute approximate surface area is 159 Å². The minimum absolute atomic E-state index is 0.0231. The molecule has 0 fully saturated rings. The molecule has 0 bridgehead atoms. The van der Waals surface area contributed by atoms with Crippen molar-refractivity contribution in [1.82, 2.24) is 9.78 Å². The number of carbonyl (C=O) groups is 1. The molecule has 0 aliphatic rings. The smallest absolute Gasteiger partial charge is 0.422 e. The first-order valence-corrected chi connectivity index (χ1v) is 8.46. The zero-order valence-corrected chi connectivity index (χ0v) is 15.2. The van der Waals surface area contributed by atoms with Gasteiger partial charge in [-0.3, -0.25) is 4.79 Å². The Kier molecular flexibility index (Phi) is 5.39. The van der Waals surface area contributed by atoms with Gasteiger partial charge in [0.1, 0.15) is 5.75 Å². The van der Waals surface area contributed by atoms with Gasteiger partial charge in [0.05, 0.1) is 11.4 Å². The Morgan fingerprint density at radius 2 is 1.82 bits per heavy atom. The third-order valence-corrected chi connectivity index (χ3v) is 3.88. The molecule has 0 atom stereocenters. The Morgan fingerprint density at radius 1 is 1.11 bits per heavy atom. The molecule has 1 N–H and O–H groups in total. The largest absolute Gasteiger partial charge is 0.484 e. The number of rotatable bonds is 5. The zero-order valence-electron chi connectivity index (χ0n) is 15.2. The second-order valence-electron chi connectivity index (χ2n) is 6.27. The van der Waals surface area contributed by atoms with Crippen LogP contribution in [-0.2, 0) is 0 Å². The summed E-state index contributed by atoms with van der Waals surface area (Å²) in [6.07, 6.45) is -4.42. The van der Waals surface area contributed by atoms with Crippen LogP contribution in [0.1, 0.15) is 21.7 Å². The molecule has 5 nitrogen and oxygen atoms in total. The maximum absolute atomic E-state index is 12.4. The van der Waals surface area contributed by atoms with E-state index in [2.05, 4.69) is 10.4 Å². The molecular formula is C20H18F3N3O2. The molecule has 2 aromatic carbocycles. The number of halogens is 3. The Morgan fingerprint density at radius 3 is 2.43 bits per heavy atom. The van der Waals surface area contributed by atoms with Gasteiger partial charge in [-0.2, -0.15) is 18.3 Å². The number of hydrogen-bond donors (Lipinski definition) is 1. The Hall–Kier alpha value is -3.29. The maximum Gasteiger partial charge on any atom is 0.422 e. The lowest BCUT2D eigenvalue weighted by molar-refractivity contribution is -0.153. The molecule has 28 heavy (non-hydrogen) atoms. The van der Waals surface area contributed by atoms with E-state index in [1.54, 1.807) is 35.0 Å². The van der Waals surface area contributed by atoms with Crippen LogP contribution < -0.4 is 10.1 Å². The number of aryl methyl sites for hydroxylation is 2. The van der Waals surface area contributed by atoms with E-state index >= 15 is 0 Å². The fourth-order valence-electron chi connectivity index (χ4n) is 2.68. The maximum atomic E-state index is 12.4. The lowest BCUT2D eigenvalue weighted by Crippen LogP contribution is -2.19. The van der Waals surface area contributed by atoms with Crippen molar-refractivity contribution in [2.45, 2.75) is 20.0 Å². The molecule has 0 aliphatic heterocycles. The van der Waals surface area contributed by atoms with Gasteiger partial charge in [-0.15, -0.1) is 0 Å². The summed E-state index contributed by atoms with van der Waals surface area (Å²) >= 11 is 0.